The average molecular weight is 307 g/mol. The lowest BCUT2D eigenvalue weighted by molar-refractivity contribution is -0.140. The number of carbonyl (C=O) groups excluding carboxylic acids is 1. The van der Waals surface area contributed by atoms with E-state index in [4.69, 9.17) is 10.5 Å². The fourth-order valence-electron chi connectivity index (χ4n) is 1.52. The quantitative estimate of drug-likeness (QED) is 0.802. The van der Waals surface area contributed by atoms with Crippen LogP contribution >= 0.6 is 15.9 Å². The first-order chi connectivity index (χ1) is 8.62. The van der Waals surface area contributed by atoms with Crippen molar-refractivity contribution in [3.8, 4) is 12.1 Å². The lowest BCUT2D eigenvalue weighted by Crippen LogP contribution is -2.04. The molecule has 0 fully saturated rings. The largest absolute Gasteiger partial charge is 0.469 e. The van der Waals surface area contributed by atoms with Crippen LogP contribution in [0.4, 0.5) is 0 Å². The molecule has 1 aromatic carbocycles. The molecule has 0 spiro atoms. The lowest BCUT2D eigenvalue weighted by Gasteiger charge is -2.09. The smallest absolute Gasteiger partial charge is 0.305 e. The van der Waals surface area contributed by atoms with E-state index in [2.05, 4.69) is 26.7 Å². The Hall–Kier alpha value is -1.85. The van der Waals surface area contributed by atoms with Crippen LogP contribution in [0.25, 0.3) is 0 Å². The van der Waals surface area contributed by atoms with Crippen molar-refractivity contribution in [2.45, 2.75) is 18.8 Å². The second kappa shape index (κ2) is 6.78. The number of methoxy groups -OCH3 is 1. The van der Waals surface area contributed by atoms with Crippen LogP contribution in [0.3, 0.4) is 0 Å². The highest BCUT2D eigenvalue weighted by Gasteiger charge is 2.14. The van der Waals surface area contributed by atoms with Gasteiger partial charge in [-0.3, -0.25) is 4.79 Å². The molecule has 0 heterocycles. The number of hydrogen-bond donors (Lipinski definition) is 0. The van der Waals surface area contributed by atoms with Gasteiger partial charge in [-0.25, -0.2) is 0 Å². The van der Waals surface area contributed by atoms with E-state index in [0.29, 0.717) is 16.5 Å². The van der Waals surface area contributed by atoms with Gasteiger partial charge in [-0.05, 0) is 40.0 Å². The highest BCUT2D eigenvalue weighted by atomic mass is 79.9. The molecule has 0 bridgehead atoms. The molecule has 1 rings (SSSR count). The summed E-state index contributed by atoms with van der Waals surface area (Å²) in [4.78, 5) is 11.0. The highest BCUT2D eigenvalue weighted by Crippen LogP contribution is 2.25. The summed E-state index contributed by atoms with van der Waals surface area (Å²) in [6.45, 7) is 0. The molecule has 18 heavy (non-hydrogen) atoms. The van der Waals surface area contributed by atoms with Crippen molar-refractivity contribution in [1.82, 2.24) is 0 Å². The van der Waals surface area contributed by atoms with Gasteiger partial charge in [0.1, 0.15) is 6.07 Å². The summed E-state index contributed by atoms with van der Waals surface area (Å²) in [5, 5.41) is 18.0. The lowest BCUT2D eigenvalue weighted by atomic mass is 9.94. The van der Waals surface area contributed by atoms with Gasteiger partial charge in [0.25, 0.3) is 0 Å². The Kier molecular flexibility index (Phi) is 5.35. The summed E-state index contributed by atoms with van der Waals surface area (Å²) in [5.41, 5.74) is 1.21. The van der Waals surface area contributed by atoms with E-state index in [0.717, 1.165) is 5.56 Å². The van der Waals surface area contributed by atoms with Gasteiger partial charge in [-0.1, -0.05) is 6.07 Å². The predicted octanol–water partition coefficient (Wildman–Crippen LogP) is 2.88. The molecule has 0 N–H and O–H groups in total. The zero-order valence-electron chi connectivity index (χ0n) is 9.81. The van der Waals surface area contributed by atoms with Crippen molar-refractivity contribution < 1.29 is 9.53 Å². The maximum atomic E-state index is 11.0. The van der Waals surface area contributed by atoms with Crippen molar-refractivity contribution >= 4 is 21.9 Å². The van der Waals surface area contributed by atoms with Gasteiger partial charge in [0, 0.05) is 10.9 Å². The third kappa shape index (κ3) is 3.58. The van der Waals surface area contributed by atoms with E-state index in [1.165, 1.54) is 7.11 Å². The van der Waals surface area contributed by atoms with Crippen LogP contribution in [0.5, 0.6) is 0 Å². The van der Waals surface area contributed by atoms with E-state index >= 15 is 0 Å². The summed E-state index contributed by atoms with van der Waals surface area (Å²) >= 11 is 3.26. The van der Waals surface area contributed by atoms with Crippen LogP contribution in [-0.2, 0) is 9.53 Å². The van der Waals surface area contributed by atoms with Gasteiger partial charge < -0.3 is 4.74 Å². The SMILES string of the molecule is COC(=O)CCC(C#N)c1ccc(Br)c(C#N)c1. The Balaban J connectivity index is 2.87. The van der Waals surface area contributed by atoms with Crippen LogP contribution in [0.15, 0.2) is 22.7 Å². The first kappa shape index (κ1) is 14.2. The summed E-state index contributed by atoms with van der Waals surface area (Å²) in [7, 11) is 1.32. The summed E-state index contributed by atoms with van der Waals surface area (Å²) in [6.07, 6.45) is 0.572. The number of ether oxygens (including phenoxy) is 1. The molecule has 1 unspecified atom stereocenters. The van der Waals surface area contributed by atoms with Gasteiger partial charge >= 0.3 is 5.97 Å². The summed E-state index contributed by atoms with van der Waals surface area (Å²) in [5.74, 6) is -0.753. The fraction of sp³-hybridized carbons (Fsp3) is 0.308. The molecular formula is C13H11BrN2O2. The summed E-state index contributed by atoms with van der Waals surface area (Å²) < 4.78 is 5.23. The van der Waals surface area contributed by atoms with Crippen molar-refractivity contribution in [2.75, 3.05) is 7.11 Å². The van der Waals surface area contributed by atoms with Crippen LogP contribution in [0, 0.1) is 22.7 Å². The topological polar surface area (TPSA) is 73.9 Å². The molecule has 0 aliphatic rings. The maximum Gasteiger partial charge on any atom is 0.305 e. The monoisotopic (exact) mass is 306 g/mol. The molecular weight excluding hydrogens is 296 g/mol. The zero-order valence-corrected chi connectivity index (χ0v) is 11.4. The van der Waals surface area contributed by atoms with E-state index in [-0.39, 0.29) is 12.4 Å². The second-order valence-corrected chi connectivity index (χ2v) is 4.50. The predicted molar refractivity (Wildman–Crippen MR) is 68.5 cm³/mol. The average Bonchev–Trinajstić information content (AvgIpc) is 2.40. The molecule has 0 aliphatic carbocycles. The molecule has 0 aromatic heterocycles. The Morgan fingerprint density at radius 3 is 2.78 bits per heavy atom. The standard InChI is InChI=1S/C13H11BrN2O2/c1-18-13(17)5-3-10(7-15)9-2-4-12(14)11(6-9)8-16/h2,4,6,10H,3,5H2,1H3. The number of nitriles is 2. The number of hydrogen-bond acceptors (Lipinski definition) is 4. The van der Waals surface area contributed by atoms with Crippen LogP contribution in [0.2, 0.25) is 0 Å². The van der Waals surface area contributed by atoms with Gasteiger partial charge in [-0.2, -0.15) is 10.5 Å². The van der Waals surface area contributed by atoms with E-state index in [9.17, 15) is 4.79 Å². The fourth-order valence-corrected chi connectivity index (χ4v) is 1.85. The number of rotatable bonds is 4. The van der Waals surface area contributed by atoms with Crippen molar-refractivity contribution in [2.24, 2.45) is 0 Å². The number of halogens is 1. The summed E-state index contributed by atoms with van der Waals surface area (Å²) in [6, 6.07) is 9.35. The zero-order chi connectivity index (χ0) is 13.5. The third-order valence-corrected chi connectivity index (χ3v) is 3.23. The van der Waals surface area contributed by atoms with Crippen LogP contribution in [0.1, 0.15) is 29.9 Å². The van der Waals surface area contributed by atoms with Crippen LogP contribution < -0.4 is 0 Å². The minimum absolute atomic E-state index is 0.187. The molecule has 0 saturated heterocycles. The van der Waals surface area contributed by atoms with E-state index in [1.807, 2.05) is 6.07 Å². The van der Waals surface area contributed by atoms with Crippen LogP contribution in [-0.4, -0.2) is 13.1 Å². The van der Waals surface area contributed by atoms with Crippen molar-refractivity contribution in [1.29, 1.82) is 10.5 Å². The normalized spacial score (nSPS) is 11.1. The molecule has 0 amide bonds. The van der Waals surface area contributed by atoms with Gasteiger partial charge in [0.2, 0.25) is 0 Å². The minimum atomic E-state index is -0.413. The molecule has 1 aromatic rings. The minimum Gasteiger partial charge on any atom is -0.469 e. The van der Waals surface area contributed by atoms with Gasteiger partial charge in [0.15, 0.2) is 0 Å². The Morgan fingerprint density at radius 2 is 2.22 bits per heavy atom. The van der Waals surface area contributed by atoms with Crippen molar-refractivity contribution in [3.63, 3.8) is 0 Å². The first-order valence-corrected chi connectivity index (χ1v) is 6.07. The molecule has 0 radical (unpaired) electrons. The van der Waals surface area contributed by atoms with Crippen molar-refractivity contribution in [3.05, 3.63) is 33.8 Å². The number of carbonyl (C=O) groups is 1. The number of esters is 1. The molecule has 4 nitrogen and oxygen atoms in total. The highest BCUT2D eigenvalue weighted by molar-refractivity contribution is 9.10. The molecule has 92 valence electrons. The molecule has 5 heteroatoms. The maximum absolute atomic E-state index is 11.0. The Labute approximate surface area is 114 Å². The van der Waals surface area contributed by atoms with E-state index in [1.54, 1.807) is 18.2 Å². The van der Waals surface area contributed by atoms with Gasteiger partial charge in [-0.15, -0.1) is 0 Å². The first-order valence-electron chi connectivity index (χ1n) is 5.28. The third-order valence-electron chi connectivity index (χ3n) is 2.53. The van der Waals surface area contributed by atoms with E-state index < -0.39 is 5.92 Å². The second-order valence-electron chi connectivity index (χ2n) is 3.65. The Bertz CT molecular complexity index is 529. The van der Waals surface area contributed by atoms with Gasteiger partial charge in [0.05, 0.1) is 24.7 Å². The number of benzene rings is 1. The molecule has 1 atom stereocenters. The Morgan fingerprint density at radius 1 is 1.50 bits per heavy atom. The molecule has 0 aliphatic heterocycles. The number of nitrogens with zero attached hydrogens (tertiary/aromatic N) is 2. The molecule has 0 saturated carbocycles.